The van der Waals surface area contributed by atoms with Crippen LogP contribution in [0.25, 0.3) is 0 Å². The van der Waals surface area contributed by atoms with Crippen LogP contribution in [-0.2, 0) is 0 Å². The van der Waals surface area contributed by atoms with Crippen molar-refractivity contribution in [2.24, 2.45) is 0 Å². The van der Waals surface area contributed by atoms with Gasteiger partial charge in [-0.15, -0.1) is 11.3 Å². The van der Waals surface area contributed by atoms with Gasteiger partial charge in [0.05, 0.1) is 0 Å². The fourth-order valence-corrected chi connectivity index (χ4v) is 3.93. The second kappa shape index (κ2) is 5.37. The summed E-state index contributed by atoms with van der Waals surface area (Å²) in [5.41, 5.74) is 0. The highest BCUT2D eigenvalue weighted by atomic mass is 79.9. The van der Waals surface area contributed by atoms with Crippen LogP contribution in [0.4, 0.5) is 0 Å². The lowest BCUT2D eigenvalue weighted by Gasteiger charge is -2.19. The Morgan fingerprint density at radius 3 is 3.00 bits per heavy atom. The highest BCUT2D eigenvalue weighted by Gasteiger charge is 2.20. The molecular formula is C10H12BrNOS2. The minimum atomic E-state index is 0.180. The Bertz CT molecular complexity index is 345. The zero-order valence-electron chi connectivity index (χ0n) is 8.24. The van der Waals surface area contributed by atoms with E-state index >= 15 is 0 Å². The molecule has 15 heavy (non-hydrogen) atoms. The molecule has 0 saturated carbocycles. The van der Waals surface area contributed by atoms with Crippen molar-refractivity contribution < 1.29 is 4.79 Å². The molecule has 5 heteroatoms. The molecule has 0 aromatic carbocycles. The Morgan fingerprint density at radius 1 is 1.40 bits per heavy atom. The van der Waals surface area contributed by atoms with Crippen LogP contribution >= 0.6 is 39.0 Å². The van der Waals surface area contributed by atoms with Gasteiger partial charge in [0, 0.05) is 23.3 Å². The fourth-order valence-electron chi connectivity index (χ4n) is 1.54. The van der Waals surface area contributed by atoms with Crippen LogP contribution in [0.15, 0.2) is 15.9 Å². The highest BCUT2D eigenvalue weighted by Crippen LogP contribution is 2.25. The number of halogens is 1. The van der Waals surface area contributed by atoms with Crippen molar-refractivity contribution >= 4 is 44.9 Å². The molecule has 1 aromatic rings. The molecule has 0 N–H and O–H groups in total. The number of carbonyl (C=O) groups excluding carboxylic acids is 1. The van der Waals surface area contributed by atoms with Gasteiger partial charge in [-0.1, -0.05) is 0 Å². The van der Waals surface area contributed by atoms with Crippen LogP contribution in [0, 0.1) is 0 Å². The minimum absolute atomic E-state index is 0.180. The Balaban J connectivity index is 2.09. The Labute approximate surface area is 106 Å². The second-order valence-corrected chi connectivity index (χ2v) is 6.35. The molecule has 0 radical (unpaired) electrons. The maximum absolute atomic E-state index is 12.1. The second-order valence-electron chi connectivity index (χ2n) is 3.36. The lowest BCUT2D eigenvalue weighted by atomic mass is 10.3. The summed E-state index contributed by atoms with van der Waals surface area (Å²) in [6, 6.07) is 1.93. The summed E-state index contributed by atoms with van der Waals surface area (Å²) >= 11 is 6.86. The van der Waals surface area contributed by atoms with Gasteiger partial charge in [-0.2, -0.15) is 11.8 Å². The lowest BCUT2D eigenvalue weighted by Crippen LogP contribution is -2.32. The van der Waals surface area contributed by atoms with Crippen LogP contribution in [-0.4, -0.2) is 35.4 Å². The highest BCUT2D eigenvalue weighted by molar-refractivity contribution is 9.10. The predicted octanol–water partition coefficient (Wildman–Crippen LogP) is 3.09. The van der Waals surface area contributed by atoms with E-state index in [1.807, 2.05) is 28.1 Å². The van der Waals surface area contributed by atoms with Crippen LogP contribution in [0.1, 0.15) is 16.1 Å². The molecule has 0 spiro atoms. The molecule has 0 unspecified atom stereocenters. The van der Waals surface area contributed by atoms with Gasteiger partial charge < -0.3 is 4.90 Å². The molecule has 82 valence electrons. The first-order chi connectivity index (χ1) is 7.29. The molecule has 0 bridgehead atoms. The van der Waals surface area contributed by atoms with Gasteiger partial charge in [-0.05, 0) is 39.6 Å². The molecule has 1 saturated heterocycles. The third kappa shape index (κ3) is 2.77. The molecule has 1 aliphatic heterocycles. The first kappa shape index (κ1) is 11.5. The van der Waals surface area contributed by atoms with E-state index in [-0.39, 0.29) is 5.91 Å². The zero-order valence-corrected chi connectivity index (χ0v) is 11.5. The molecule has 1 amide bonds. The van der Waals surface area contributed by atoms with E-state index in [9.17, 15) is 4.79 Å². The van der Waals surface area contributed by atoms with Gasteiger partial charge in [-0.3, -0.25) is 4.79 Å². The summed E-state index contributed by atoms with van der Waals surface area (Å²) in [6.07, 6.45) is 1.11. The lowest BCUT2D eigenvalue weighted by molar-refractivity contribution is 0.0772. The van der Waals surface area contributed by atoms with Crippen LogP contribution in [0.3, 0.4) is 0 Å². The van der Waals surface area contributed by atoms with E-state index in [1.54, 1.807) is 0 Å². The van der Waals surface area contributed by atoms with Crippen LogP contribution < -0.4 is 0 Å². The third-order valence-corrected chi connectivity index (χ3v) is 5.20. The smallest absolute Gasteiger partial charge is 0.265 e. The number of hydrogen-bond acceptors (Lipinski definition) is 3. The number of hydrogen-bond donors (Lipinski definition) is 0. The number of nitrogens with zero attached hydrogens (tertiary/aromatic N) is 1. The summed E-state index contributed by atoms with van der Waals surface area (Å²) in [5.74, 6) is 2.42. The maximum atomic E-state index is 12.1. The molecular weight excluding hydrogens is 294 g/mol. The number of amides is 1. The van der Waals surface area contributed by atoms with Crippen molar-refractivity contribution in [3.05, 3.63) is 20.8 Å². The molecule has 2 heterocycles. The number of carbonyl (C=O) groups is 1. The van der Waals surface area contributed by atoms with E-state index in [0.29, 0.717) is 0 Å². The van der Waals surface area contributed by atoms with E-state index in [0.717, 1.165) is 34.6 Å². The SMILES string of the molecule is O=C(c1sccc1Br)N1CCCSCC1. The van der Waals surface area contributed by atoms with Crippen molar-refractivity contribution in [2.45, 2.75) is 6.42 Å². The molecule has 1 fully saturated rings. The summed E-state index contributed by atoms with van der Waals surface area (Å²) in [6.45, 7) is 1.78. The first-order valence-corrected chi connectivity index (χ1v) is 7.72. The van der Waals surface area contributed by atoms with Crippen molar-refractivity contribution in [3.8, 4) is 0 Å². The third-order valence-electron chi connectivity index (χ3n) is 2.32. The van der Waals surface area contributed by atoms with Crippen LogP contribution in [0.5, 0.6) is 0 Å². The van der Waals surface area contributed by atoms with Crippen molar-refractivity contribution in [1.29, 1.82) is 0 Å². The average molecular weight is 306 g/mol. The largest absolute Gasteiger partial charge is 0.337 e. The van der Waals surface area contributed by atoms with Crippen molar-refractivity contribution in [3.63, 3.8) is 0 Å². The molecule has 1 aromatic heterocycles. The molecule has 1 aliphatic rings. The summed E-state index contributed by atoms with van der Waals surface area (Å²) < 4.78 is 0.925. The van der Waals surface area contributed by atoms with Crippen LogP contribution in [0.2, 0.25) is 0 Å². The van der Waals surface area contributed by atoms with Gasteiger partial charge in [0.2, 0.25) is 0 Å². The Hall–Kier alpha value is -0.0000000000000000555. The van der Waals surface area contributed by atoms with E-state index < -0.39 is 0 Å². The normalized spacial score (nSPS) is 17.5. The van der Waals surface area contributed by atoms with Gasteiger partial charge in [0.1, 0.15) is 4.88 Å². The monoisotopic (exact) mass is 305 g/mol. The molecule has 0 atom stereocenters. The summed E-state index contributed by atoms with van der Waals surface area (Å²) in [4.78, 5) is 14.9. The number of thioether (sulfide) groups is 1. The minimum Gasteiger partial charge on any atom is -0.337 e. The average Bonchev–Trinajstić information content (AvgIpc) is 2.53. The van der Waals surface area contributed by atoms with E-state index in [4.69, 9.17) is 0 Å². The summed E-state index contributed by atoms with van der Waals surface area (Å²) in [5, 5.41) is 1.95. The number of rotatable bonds is 1. The van der Waals surface area contributed by atoms with Gasteiger partial charge in [0.15, 0.2) is 0 Å². The Kier molecular flexibility index (Phi) is 4.11. The first-order valence-electron chi connectivity index (χ1n) is 4.89. The fraction of sp³-hybridized carbons (Fsp3) is 0.500. The summed E-state index contributed by atoms with van der Waals surface area (Å²) in [7, 11) is 0. The Morgan fingerprint density at radius 2 is 2.27 bits per heavy atom. The predicted molar refractivity (Wildman–Crippen MR) is 69.9 cm³/mol. The van der Waals surface area contributed by atoms with Gasteiger partial charge in [-0.25, -0.2) is 0 Å². The van der Waals surface area contributed by atoms with Crippen molar-refractivity contribution in [1.82, 2.24) is 4.90 Å². The molecule has 2 nitrogen and oxygen atoms in total. The maximum Gasteiger partial charge on any atom is 0.265 e. The van der Waals surface area contributed by atoms with Crippen molar-refractivity contribution in [2.75, 3.05) is 24.6 Å². The topological polar surface area (TPSA) is 20.3 Å². The van der Waals surface area contributed by atoms with Gasteiger partial charge >= 0.3 is 0 Å². The van der Waals surface area contributed by atoms with E-state index in [1.165, 1.54) is 17.1 Å². The molecule has 0 aliphatic carbocycles. The zero-order chi connectivity index (χ0) is 10.7. The quantitative estimate of drug-likeness (QED) is 0.794. The van der Waals surface area contributed by atoms with E-state index in [2.05, 4.69) is 15.9 Å². The number of thiophene rings is 1. The van der Waals surface area contributed by atoms with Gasteiger partial charge in [0.25, 0.3) is 5.91 Å². The standard InChI is InChI=1S/C10H12BrNOS2/c11-8-2-6-15-9(8)10(13)12-3-1-5-14-7-4-12/h2,6H,1,3-5,7H2. The molecule has 2 rings (SSSR count).